The van der Waals surface area contributed by atoms with Crippen molar-refractivity contribution in [2.75, 3.05) is 0 Å². The Kier molecular flexibility index (Phi) is 13.1. The summed E-state index contributed by atoms with van der Waals surface area (Å²) in [5.41, 5.74) is 0. The van der Waals surface area contributed by atoms with Crippen molar-refractivity contribution in [1.29, 1.82) is 0 Å². The van der Waals surface area contributed by atoms with Gasteiger partial charge >= 0.3 is 25.9 Å². The second kappa shape index (κ2) is 11.2. The number of aliphatic hydroxyl groups excluding tert-OH is 4. The van der Waals surface area contributed by atoms with Crippen molar-refractivity contribution >= 4 is 48.3 Å². The average molecular weight is 419 g/mol. The van der Waals surface area contributed by atoms with E-state index in [1.807, 2.05) is 0 Å². The van der Waals surface area contributed by atoms with Crippen LogP contribution in [0.1, 0.15) is 1.43 Å². The SMILES string of the molecule is O=C([O-])C(O)C(O)C(=O)[O-].O=C([O-])C(O)C(O)C(=O)[O-].[H+].[Sb+3]. The van der Waals surface area contributed by atoms with Crippen molar-refractivity contribution < 1.29 is 61.5 Å². The predicted octanol–water partition coefficient (Wildman–Crippen LogP) is -9.85. The van der Waals surface area contributed by atoms with Crippen LogP contribution in [0.25, 0.3) is 0 Å². The van der Waals surface area contributed by atoms with E-state index in [2.05, 4.69) is 0 Å². The molecule has 0 aliphatic rings. The average Bonchev–Trinajstić information content (AvgIpc) is 2.35. The molecule has 0 saturated heterocycles. The number of hydrogen-bond acceptors (Lipinski definition) is 12. The molecule has 118 valence electrons. The van der Waals surface area contributed by atoms with Crippen LogP contribution in [-0.4, -0.2) is 93.1 Å². The van der Waals surface area contributed by atoms with Gasteiger partial charge in [0.2, 0.25) is 0 Å². The molecule has 0 aromatic carbocycles. The molecule has 0 amide bonds. The first-order chi connectivity index (χ1) is 8.93. The Hall–Kier alpha value is -1.46. The molecule has 12 nitrogen and oxygen atoms in total. The topological polar surface area (TPSA) is 241 Å². The van der Waals surface area contributed by atoms with Crippen LogP contribution < -0.4 is 20.4 Å². The number of hydrogen-bond donors (Lipinski definition) is 4. The molecule has 0 saturated carbocycles. The molecule has 21 heavy (non-hydrogen) atoms. The van der Waals surface area contributed by atoms with Crippen LogP contribution in [0.15, 0.2) is 0 Å². The molecule has 0 fully saturated rings. The number of aliphatic hydroxyl groups is 4. The van der Waals surface area contributed by atoms with Gasteiger partial charge in [-0.05, 0) is 0 Å². The quantitative estimate of drug-likeness (QED) is 0.293. The van der Waals surface area contributed by atoms with Gasteiger partial charge in [-0.3, -0.25) is 0 Å². The van der Waals surface area contributed by atoms with Crippen molar-refractivity contribution in [3.8, 4) is 0 Å². The summed E-state index contributed by atoms with van der Waals surface area (Å²) in [6.07, 6.45) is -9.76. The van der Waals surface area contributed by atoms with Gasteiger partial charge in [0, 0.05) is 0 Å². The van der Waals surface area contributed by atoms with Crippen molar-refractivity contribution in [3.05, 3.63) is 0 Å². The number of carbonyl (C=O) groups is 4. The minimum absolute atomic E-state index is 0. The fourth-order valence-corrected chi connectivity index (χ4v) is 0.516. The van der Waals surface area contributed by atoms with Crippen molar-refractivity contribution in [3.63, 3.8) is 0 Å². The third kappa shape index (κ3) is 9.98. The first-order valence-electron chi connectivity index (χ1n) is 4.49. The smallest absolute Gasteiger partial charge is 0.547 e. The van der Waals surface area contributed by atoms with Crippen molar-refractivity contribution in [2.24, 2.45) is 0 Å². The molecule has 0 aromatic heterocycles. The molecule has 2 radical (unpaired) electrons. The zero-order valence-electron chi connectivity index (χ0n) is 10.8. The molecule has 0 aliphatic carbocycles. The zero-order valence-corrected chi connectivity index (χ0v) is 12.4. The Morgan fingerprint density at radius 2 is 0.667 bits per heavy atom. The van der Waals surface area contributed by atoms with Crippen molar-refractivity contribution in [2.45, 2.75) is 24.4 Å². The summed E-state index contributed by atoms with van der Waals surface area (Å²) in [6, 6.07) is 0. The molecule has 0 aliphatic heterocycles. The predicted molar refractivity (Wildman–Crippen MR) is 50.9 cm³/mol. The first-order valence-corrected chi connectivity index (χ1v) is 4.49. The van der Waals surface area contributed by atoms with Gasteiger partial charge in [-0.15, -0.1) is 0 Å². The third-order valence-electron chi connectivity index (χ3n) is 1.56. The van der Waals surface area contributed by atoms with E-state index in [9.17, 15) is 39.6 Å². The van der Waals surface area contributed by atoms with E-state index in [0.29, 0.717) is 0 Å². The van der Waals surface area contributed by atoms with Crippen LogP contribution in [0, 0.1) is 0 Å². The molecular formula is C8H9O12Sb. The molecule has 0 spiro atoms. The zero-order chi connectivity index (χ0) is 16.6. The van der Waals surface area contributed by atoms with Gasteiger partial charge in [0.1, 0.15) is 24.4 Å². The molecule has 0 rings (SSSR count). The molecule has 13 heteroatoms. The van der Waals surface area contributed by atoms with Crippen molar-refractivity contribution in [1.82, 2.24) is 0 Å². The molecule has 4 atom stereocenters. The standard InChI is InChI=1S/2C4H6O6.Sb/c2*5-1(3(7)8)2(6)4(9)10;/h2*1-2,5-6H,(H,7,8)(H,9,10);/q;;+3/p-3. The molecule has 0 heterocycles. The first kappa shape index (κ1) is 24.5. The van der Waals surface area contributed by atoms with E-state index in [-0.39, 0.29) is 25.9 Å². The number of rotatable bonds is 6. The van der Waals surface area contributed by atoms with Crippen LogP contribution >= 0.6 is 0 Å². The fraction of sp³-hybridized carbons (Fsp3) is 0.500. The van der Waals surface area contributed by atoms with E-state index in [0.717, 1.165) is 0 Å². The van der Waals surface area contributed by atoms with Gasteiger partial charge in [-0.1, -0.05) is 0 Å². The van der Waals surface area contributed by atoms with E-state index in [1.165, 1.54) is 0 Å². The Morgan fingerprint density at radius 1 is 0.571 bits per heavy atom. The Labute approximate surface area is 134 Å². The largest absolute Gasteiger partial charge is 3.00 e. The number of carboxylic acid groups (broad SMARTS) is 4. The maximum atomic E-state index is 9.63. The monoisotopic (exact) mass is 418 g/mol. The second-order valence-corrected chi connectivity index (χ2v) is 3.06. The second-order valence-electron chi connectivity index (χ2n) is 3.06. The summed E-state index contributed by atoms with van der Waals surface area (Å²) >= 11 is 0. The van der Waals surface area contributed by atoms with Gasteiger partial charge in [0.25, 0.3) is 0 Å². The minimum Gasteiger partial charge on any atom is -0.547 e. The summed E-state index contributed by atoms with van der Waals surface area (Å²) in [4.78, 5) is 38.5. The molecule has 0 bridgehead atoms. The summed E-state index contributed by atoms with van der Waals surface area (Å²) in [5.74, 6) is -8.23. The van der Waals surface area contributed by atoms with Gasteiger partial charge in [-0.25, -0.2) is 0 Å². The van der Waals surface area contributed by atoms with Crippen LogP contribution in [0.2, 0.25) is 0 Å². The number of carbonyl (C=O) groups excluding carboxylic acids is 4. The molecular weight excluding hydrogens is 410 g/mol. The van der Waals surface area contributed by atoms with Gasteiger partial charge in [-0.2, -0.15) is 0 Å². The van der Waals surface area contributed by atoms with E-state index in [1.54, 1.807) is 0 Å². The number of carboxylic acids is 4. The van der Waals surface area contributed by atoms with Gasteiger partial charge in [0.05, 0.1) is 23.9 Å². The van der Waals surface area contributed by atoms with Crippen LogP contribution in [-0.2, 0) is 19.2 Å². The van der Waals surface area contributed by atoms with Crippen LogP contribution in [0.4, 0.5) is 0 Å². The molecule has 4 N–H and O–H groups in total. The van der Waals surface area contributed by atoms with E-state index >= 15 is 0 Å². The fourth-order valence-electron chi connectivity index (χ4n) is 0.516. The third-order valence-corrected chi connectivity index (χ3v) is 1.56. The van der Waals surface area contributed by atoms with Gasteiger partial charge < -0.3 is 60.0 Å². The summed E-state index contributed by atoms with van der Waals surface area (Å²) < 4.78 is 0. The molecule has 4 unspecified atom stereocenters. The maximum absolute atomic E-state index is 9.63. The Balaban J connectivity index is -0.000000135. The Morgan fingerprint density at radius 3 is 0.714 bits per heavy atom. The summed E-state index contributed by atoms with van der Waals surface area (Å²) in [6.45, 7) is 0. The summed E-state index contributed by atoms with van der Waals surface area (Å²) in [5, 5.41) is 71.5. The number of aliphatic carboxylic acids is 4. The Bertz CT molecular complexity index is 315. The maximum Gasteiger partial charge on any atom is 3.00 e. The minimum atomic E-state index is -2.44. The van der Waals surface area contributed by atoms with E-state index < -0.39 is 48.3 Å². The molecule has 0 aromatic rings. The van der Waals surface area contributed by atoms with Crippen LogP contribution in [0.3, 0.4) is 0 Å². The van der Waals surface area contributed by atoms with E-state index in [4.69, 9.17) is 20.4 Å². The van der Waals surface area contributed by atoms with Gasteiger partial charge in [0.15, 0.2) is 0 Å². The summed E-state index contributed by atoms with van der Waals surface area (Å²) in [7, 11) is 0. The normalized spacial score (nSPS) is 15.0. The van der Waals surface area contributed by atoms with Crippen LogP contribution in [0.5, 0.6) is 0 Å².